The maximum absolute atomic E-state index is 11.9. The van der Waals surface area contributed by atoms with Crippen LogP contribution in [0.2, 0.25) is 5.02 Å². The van der Waals surface area contributed by atoms with Crippen molar-refractivity contribution in [3.63, 3.8) is 0 Å². The van der Waals surface area contributed by atoms with Crippen molar-refractivity contribution in [1.29, 1.82) is 5.26 Å². The highest BCUT2D eigenvalue weighted by atomic mass is 35.5. The van der Waals surface area contributed by atoms with Crippen LogP contribution in [0.4, 0.5) is 0 Å². The molecule has 0 radical (unpaired) electrons. The Labute approximate surface area is 179 Å². The summed E-state index contributed by atoms with van der Waals surface area (Å²) in [4.78, 5) is 14.5. The van der Waals surface area contributed by atoms with Crippen LogP contribution < -0.4 is 5.32 Å². The largest absolute Gasteiger partial charge is 0.353 e. The Morgan fingerprint density at radius 2 is 1.97 bits per heavy atom. The molecule has 0 spiro atoms. The van der Waals surface area contributed by atoms with E-state index < -0.39 is 0 Å². The highest BCUT2D eigenvalue weighted by Gasteiger charge is 2.23. The Morgan fingerprint density at radius 1 is 1.21 bits per heavy atom. The van der Waals surface area contributed by atoms with Gasteiger partial charge in [0.25, 0.3) is 0 Å². The summed E-state index contributed by atoms with van der Waals surface area (Å²) < 4.78 is 0. The monoisotopic (exact) mass is 413 g/mol. The quantitative estimate of drug-likeness (QED) is 0.596. The highest BCUT2D eigenvalue weighted by Crippen LogP contribution is 2.28. The molecule has 1 aromatic carbocycles. The van der Waals surface area contributed by atoms with Crippen molar-refractivity contribution < 1.29 is 4.79 Å². The number of unbranched alkanes of at least 4 members (excludes halogenated alkanes) is 1. The minimum Gasteiger partial charge on any atom is -0.353 e. The fourth-order valence-electron chi connectivity index (χ4n) is 4.43. The zero-order valence-electron chi connectivity index (χ0n) is 17.2. The van der Waals surface area contributed by atoms with E-state index in [4.69, 9.17) is 16.9 Å². The van der Waals surface area contributed by atoms with Crippen LogP contribution in [0.15, 0.2) is 30.3 Å². The molecule has 156 valence electrons. The molecule has 3 rings (SSSR count). The van der Waals surface area contributed by atoms with Gasteiger partial charge < -0.3 is 5.32 Å². The Hall–Kier alpha value is -1.83. The zero-order valence-corrected chi connectivity index (χ0v) is 18.0. The van der Waals surface area contributed by atoms with Crippen molar-refractivity contribution in [2.75, 3.05) is 19.6 Å². The minimum absolute atomic E-state index is 0.111. The van der Waals surface area contributed by atoms with E-state index in [1.807, 2.05) is 12.1 Å². The summed E-state index contributed by atoms with van der Waals surface area (Å²) in [5.41, 5.74) is 2.73. The third kappa shape index (κ3) is 7.17. The number of rotatable bonds is 8. The van der Waals surface area contributed by atoms with Crippen LogP contribution in [0, 0.1) is 17.2 Å². The van der Waals surface area contributed by atoms with Gasteiger partial charge >= 0.3 is 0 Å². The molecule has 1 aliphatic carbocycles. The topological polar surface area (TPSA) is 56.1 Å². The lowest BCUT2D eigenvalue weighted by Gasteiger charge is -2.32. The number of carbonyl (C=O) groups excluding carboxylic acids is 1. The number of carbonyl (C=O) groups is 1. The Kier molecular flexibility index (Phi) is 8.58. The van der Waals surface area contributed by atoms with Crippen LogP contribution in [0.3, 0.4) is 0 Å². The Bertz CT molecular complexity index is 729. The third-order valence-electron chi connectivity index (χ3n) is 6.27. The molecule has 0 unspecified atom stereocenters. The molecule has 0 atom stereocenters. The van der Waals surface area contributed by atoms with E-state index in [-0.39, 0.29) is 5.91 Å². The zero-order chi connectivity index (χ0) is 20.5. The van der Waals surface area contributed by atoms with E-state index in [2.05, 4.69) is 34.5 Å². The average Bonchev–Trinajstić information content (AvgIpc) is 2.74. The lowest BCUT2D eigenvalue weighted by atomic mass is 9.84. The minimum atomic E-state index is 0.111. The number of nitriles is 1. The fourth-order valence-corrected chi connectivity index (χ4v) is 4.55. The standard InChI is InChI=1S/C24H32ClN3O/c25-22-8-6-20(7-9-22)21-13-17-28(18-14-21)16-12-19-4-10-23(11-5-19)27-24(29)3-1-2-15-26/h6-9,13,19,23H,1-5,10-12,14,16-18H2,(H,27,29). The van der Waals surface area contributed by atoms with E-state index >= 15 is 0 Å². The predicted octanol–water partition coefficient (Wildman–Crippen LogP) is 5.19. The molecule has 1 aromatic rings. The van der Waals surface area contributed by atoms with Crippen LogP contribution in [0.25, 0.3) is 5.57 Å². The second-order valence-corrected chi connectivity index (χ2v) is 8.81. The maximum Gasteiger partial charge on any atom is 0.220 e. The summed E-state index contributed by atoms with van der Waals surface area (Å²) in [6.07, 6.45) is 10.9. The summed E-state index contributed by atoms with van der Waals surface area (Å²) in [6, 6.07) is 10.6. The normalized spacial score (nSPS) is 22.6. The number of nitrogens with one attached hydrogen (secondary N) is 1. The van der Waals surface area contributed by atoms with Gasteiger partial charge in [-0.1, -0.05) is 29.8 Å². The molecule has 0 aromatic heterocycles. The second kappa shape index (κ2) is 11.4. The molecule has 1 saturated carbocycles. The van der Waals surface area contributed by atoms with Crippen molar-refractivity contribution in [3.05, 3.63) is 40.9 Å². The summed E-state index contributed by atoms with van der Waals surface area (Å²) >= 11 is 5.99. The van der Waals surface area contributed by atoms with Gasteiger partial charge in [0, 0.05) is 37.0 Å². The van der Waals surface area contributed by atoms with Crippen LogP contribution in [-0.4, -0.2) is 36.5 Å². The summed E-state index contributed by atoms with van der Waals surface area (Å²) in [6.45, 7) is 3.33. The van der Waals surface area contributed by atoms with Crippen molar-refractivity contribution in [2.45, 2.75) is 63.8 Å². The lowest BCUT2D eigenvalue weighted by molar-refractivity contribution is -0.122. The van der Waals surface area contributed by atoms with Gasteiger partial charge in [-0.05, 0) is 80.7 Å². The first-order valence-electron chi connectivity index (χ1n) is 11.0. The number of hydrogen-bond acceptors (Lipinski definition) is 3. The lowest BCUT2D eigenvalue weighted by Crippen LogP contribution is -2.38. The molecule has 1 aliphatic heterocycles. The van der Waals surface area contributed by atoms with Crippen molar-refractivity contribution in [3.8, 4) is 6.07 Å². The van der Waals surface area contributed by atoms with E-state index in [0.29, 0.717) is 25.3 Å². The molecule has 1 N–H and O–H groups in total. The van der Waals surface area contributed by atoms with Crippen LogP contribution in [0.1, 0.15) is 63.4 Å². The van der Waals surface area contributed by atoms with Crippen LogP contribution in [0.5, 0.6) is 0 Å². The molecule has 0 saturated heterocycles. The molecule has 1 amide bonds. The van der Waals surface area contributed by atoms with Crippen molar-refractivity contribution in [2.24, 2.45) is 5.92 Å². The van der Waals surface area contributed by atoms with Gasteiger partial charge in [0.15, 0.2) is 0 Å². The molecule has 0 bridgehead atoms. The summed E-state index contributed by atoms with van der Waals surface area (Å²) in [5.74, 6) is 0.892. The predicted molar refractivity (Wildman–Crippen MR) is 118 cm³/mol. The van der Waals surface area contributed by atoms with Gasteiger partial charge in [-0.2, -0.15) is 5.26 Å². The number of benzene rings is 1. The van der Waals surface area contributed by atoms with Crippen LogP contribution >= 0.6 is 11.6 Å². The summed E-state index contributed by atoms with van der Waals surface area (Å²) in [7, 11) is 0. The van der Waals surface area contributed by atoms with E-state index in [1.165, 1.54) is 36.9 Å². The van der Waals surface area contributed by atoms with E-state index in [1.54, 1.807) is 0 Å². The first kappa shape index (κ1) is 21.9. The molecule has 5 heteroatoms. The van der Waals surface area contributed by atoms with Gasteiger partial charge in [0.05, 0.1) is 6.07 Å². The molecular weight excluding hydrogens is 382 g/mol. The summed E-state index contributed by atoms with van der Waals surface area (Å²) in [5, 5.41) is 12.5. The van der Waals surface area contributed by atoms with Gasteiger partial charge in [0.2, 0.25) is 5.91 Å². The van der Waals surface area contributed by atoms with Crippen molar-refractivity contribution >= 4 is 23.1 Å². The number of nitrogens with zero attached hydrogens (tertiary/aromatic N) is 2. The average molecular weight is 414 g/mol. The molecule has 29 heavy (non-hydrogen) atoms. The number of amides is 1. The van der Waals surface area contributed by atoms with Crippen LogP contribution in [-0.2, 0) is 4.79 Å². The second-order valence-electron chi connectivity index (χ2n) is 8.37. The van der Waals surface area contributed by atoms with Gasteiger partial charge in [-0.15, -0.1) is 0 Å². The molecular formula is C24H32ClN3O. The maximum atomic E-state index is 11.9. The highest BCUT2D eigenvalue weighted by molar-refractivity contribution is 6.30. The molecule has 1 fully saturated rings. The Morgan fingerprint density at radius 3 is 2.62 bits per heavy atom. The first-order chi connectivity index (χ1) is 14.1. The van der Waals surface area contributed by atoms with E-state index in [9.17, 15) is 4.79 Å². The van der Waals surface area contributed by atoms with Gasteiger partial charge in [-0.25, -0.2) is 0 Å². The van der Waals surface area contributed by atoms with E-state index in [0.717, 1.165) is 43.3 Å². The van der Waals surface area contributed by atoms with Gasteiger partial charge in [0.1, 0.15) is 0 Å². The smallest absolute Gasteiger partial charge is 0.220 e. The Balaban J connectivity index is 1.32. The van der Waals surface area contributed by atoms with Gasteiger partial charge in [-0.3, -0.25) is 9.69 Å². The van der Waals surface area contributed by atoms with Crippen molar-refractivity contribution in [1.82, 2.24) is 10.2 Å². The molecule has 2 aliphatic rings. The third-order valence-corrected chi connectivity index (χ3v) is 6.52. The first-order valence-corrected chi connectivity index (χ1v) is 11.4. The molecule has 4 nitrogen and oxygen atoms in total. The number of halogens is 1. The number of hydrogen-bond donors (Lipinski definition) is 1. The SMILES string of the molecule is N#CCCCC(=O)NC1CCC(CCN2CC=C(c3ccc(Cl)cc3)CC2)CC1. The fraction of sp³-hybridized carbons (Fsp3) is 0.583. The molecule has 1 heterocycles.